The first-order valence-electron chi connectivity index (χ1n) is 7.35. The van der Waals surface area contributed by atoms with Gasteiger partial charge in [0.2, 0.25) is 5.95 Å². The Morgan fingerprint density at radius 2 is 2.09 bits per heavy atom. The van der Waals surface area contributed by atoms with E-state index in [0.717, 1.165) is 47.0 Å². The Kier molecular flexibility index (Phi) is 3.04. The lowest BCUT2D eigenvalue weighted by Crippen LogP contribution is -2.03. The number of nitrogens with two attached hydrogens (primary N) is 1. The van der Waals surface area contributed by atoms with Crippen molar-refractivity contribution in [3.63, 3.8) is 0 Å². The van der Waals surface area contributed by atoms with Crippen molar-refractivity contribution in [2.75, 3.05) is 5.73 Å². The summed E-state index contributed by atoms with van der Waals surface area (Å²) in [5.41, 5.74) is 11.1. The molecule has 0 saturated heterocycles. The van der Waals surface area contributed by atoms with Gasteiger partial charge in [-0.1, -0.05) is 12.1 Å². The first kappa shape index (κ1) is 12.9. The van der Waals surface area contributed by atoms with Gasteiger partial charge in [0.15, 0.2) is 0 Å². The number of rotatable bonds is 1. The lowest BCUT2D eigenvalue weighted by molar-refractivity contribution is 0.823. The fourth-order valence-corrected chi connectivity index (χ4v) is 2.90. The largest absolute Gasteiger partial charge is 0.368 e. The maximum absolute atomic E-state index is 5.73. The summed E-state index contributed by atoms with van der Waals surface area (Å²) in [5, 5.41) is 9.13. The van der Waals surface area contributed by atoms with Gasteiger partial charge in [0.25, 0.3) is 0 Å². The van der Waals surface area contributed by atoms with E-state index in [1.807, 2.05) is 18.3 Å². The lowest BCUT2D eigenvalue weighted by atomic mass is 9.96. The zero-order valence-corrected chi connectivity index (χ0v) is 12.0. The molecule has 0 spiro atoms. The zero-order valence-electron chi connectivity index (χ0n) is 12.0. The van der Waals surface area contributed by atoms with Gasteiger partial charge >= 0.3 is 0 Å². The minimum absolute atomic E-state index is 0.341. The number of aromatic nitrogens is 4. The van der Waals surface area contributed by atoms with Gasteiger partial charge in [-0.05, 0) is 48.6 Å². The average Bonchev–Trinajstić information content (AvgIpc) is 2.76. The van der Waals surface area contributed by atoms with Crippen molar-refractivity contribution >= 4 is 22.4 Å². The number of allylic oxidation sites excluding steroid dienone is 1. The van der Waals surface area contributed by atoms with Crippen LogP contribution < -0.4 is 5.73 Å². The monoisotopic (exact) mass is 289 g/mol. The summed E-state index contributed by atoms with van der Waals surface area (Å²) in [6, 6.07) is 8.19. The molecule has 1 aliphatic carbocycles. The highest BCUT2D eigenvalue weighted by Gasteiger charge is 2.15. The van der Waals surface area contributed by atoms with Crippen molar-refractivity contribution in [1.82, 2.24) is 20.2 Å². The number of hydrogen-bond donors (Lipinski definition) is 1. The van der Waals surface area contributed by atoms with Crippen molar-refractivity contribution in [2.45, 2.75) is 19.3 Å². The highest BCUT2D eigenvalue weighted by atomic mass is 15.1. The van der Waals surface area contributed by atoms with Crippen molar-refractivity contribution in [1.29, 1.82) is 0 Å². The van der Waals surface area contributed by atoms with Crippen LogP contribution in [0, 0.1) is 0 Å². The average molecular weight is 289 g/mol. The van der Waals surface area contributed by atoms with Crippen LogP contribution in [-0.2, 0) is 6.42 Å². The molecule has 5 heteroatoms. The Hall–Kier alpha value is -2.82. The molecule has 3 aromatic rings. The molecule has 0 unspecified atom stereocenters. The topological polar surface area (TPSA) is 77.6 Å². The standard InChI is InChI=1S/C17H15N5/c18-17-19-10-14-13(3-1-2-4-16(14)21-17)11-5-6-15-12(9-11)7-8-20-22-15/h3,5-10H,1-2,4H2,(H2,18,19,21). The molecule has 22 heavy (non-hydrogen) atoms. The second-order valence-electron chi connectivity index (χ2n) is 5.40. The number of benzene rings is 1. The fraction of sp³-hybridized carbons (Fsp3) is 0.176. The second-order valence-corrected chi connectivity index (χ2v) is 5.40. The number of aryl methyl sites for hydroxylation is 1. The molecular weight excluding hydrogens is 274 g/mol. The van der Waals surface area contributed by atoms with Crippen LogP contribution in [0.3, 0.4) is 0 Å². The van der Waals surface area contributed by atoms with E-state index >= 15 is 0 Å². The molecule has 0 atom stereocenters. The highest BCUT2D eigenvalue weighted by molar-refractivity contribution is 5.88. The van der Waals surface area contributed by atoms with E-state index in [1.54, 1.807) is 6.20 Å². The molecule has 0 fully saturated rings. The molecule has 108 valence electrons. The molecule has 1 aromatic carbocycles. The fourth-order valence-electron chi connectivity index (χ4n) is 2.90. The Morgan fingerprint density at radius 1 is 1.14 bits per heavy atom. The van der Waals surface area contributed by atoms with Gasteiger partial charge in [0.1, 0.15) is 0 Å². The first-order chi connectivity index (χ1) is 10.8. The SMILES string of the molecule is Nc1ncc2c(n1)CCCC=C2c1ccc2nnccc2c1. The number of hydrogen-bond acceptors (Lipinski definition) is 5. The molecule has 4 rings (SSSR count). The van der Waals surface area contributed by atoms with Crippen molar-refractivity contribution in [3.8, 4) is 0 Å². The maximum Gasteiger partial charge on any atom is 0.220 e. The van der Waals surface area contributed by atoms with E-state index in [4.69, 9.17) is 5.73 Å². The van der Waals surface area contributed by atoms with E-state index in [0.29, 0.717) is 5.95 Å². The maximum atomic E-state index is 5.73. The van der Waals surface area contributed by atoms with Crippen LogP contribution in [0.25, 0.3) is 16.5 Å². The Balaban J connectivity index is 1.88. The quantitative estimate of drug-likeness (QED) is 0.745. The minimum atomic E-state index is 0.341. The van der Waals surface area contributed by atoms with Crippen LogP contribution >= 0.6 is 0 Å². The normalized spacial score (nSPS) is 14.3. The minimum Gasteiger partial charge on any atom is -0.368 e. The predicted molar refractivity (Wildman–Crippen MR) is 86.0 cm³/mol. The van der Waals surface area contributed by atoms with Crippen LogP contribution in [0.15, 0.2) is 42.7 Å². The number of nitrogens with zero attached hydrogens (tertiary/aromatic N) is 4. The summed E-state index contributed by atoms with van der Waals surface area (Å²) in [4.78, 5) is 8.59. The summed E-state index contributed by atoms with van der Waals surface area (Å²) in [6.07, 6.45) is 8.85. The van der Waals surface area contributed by atoms with Gasteiger partial charge in [-0.25, -0.2) is 9.97 Å². The second kappa shape index (κ2) is 5.18. The summed E-state index contributed by atoms with van der Waals surface area (Å²) < 4.78 is 0. The molecule has 2 aromatic heterocycles. The van der Waals surface area contributed by atoms with E-state index in [-0.39, 0.29) is 0 Å². The molecule has 2 heterocycles. The van der Waals surface area contributed by atoms with Crippen molar-refractivity contribution in [2.24, 2.45) is 0 Å². The molecular formula is C17H15N5. The van der Waals surface area contributed by atoms with Crippen LogP contribution in [0.4, 0.5) is 5.95 Å². The Bertz CT molecular complexity index is 885. The van der Waals surface area contributed by atoms with Crippen LogP contribution in [0.5, 0.6) is 0 Å². The summed E-state index contributed by atoms with van der Waals surface area (Å²) in [6.45, 7) is 0. The molecule has 0 bridgehead atoms. The van der Waals surface area contributed by atoms with Crippen LogP contribution in [0.2, 0.25) is 0 Å². The third kappa shape index (κ3) is 2.20. The lowest BCUT2D eigenvalue weighted by Gasteiger charge is -2.11. The van der Waals surface area contributed by atoms with E-state index in [2.05, 4.69) is 38.4 Å². The smallest absolute Gasteiger partial charge is 0.220 e. The Morgan fingerprint density at radius 3 is 3.05 bits per heavy atom. The molecule has 0 radical (unpaired) electrons. The van der Waals surface area contributed by atoms with Gasteiger partial charge in [-0.3, -0.25) is 0 Å². The van der Waals surface area contributed by atoms with E-state index in [9.17, 15) is 0 Å². The van der Waals surface area contributed by atoms with Gasteiger partial charge in [0.05, 0.1) is 17.4 Å². The summed E-state index contributed by atoms with van der Waals surface area (Å²) in [5.74, 6) is 0.341. The molecule has 0 amide bonds. The van der Waals surface area contributed by atoms with Gasteiger partial charge in [-0.2, -0.15) is 10.2 Å². The first-order valence-corrected chi connectivity index (χ1v) is 7.35. The van der Waals surface area contributed by atoms with Crippen molar-refractivity contribution < 1.29 is 0 Å². The van der Waals surface area contributed by atoms with Gasteiger partial charge in [0, 0.05) is 17.1 Å². The van der Waals surface area contributed by atoms with Gasteiger partial charge < -0.3 is 5.73 Å². The third-order valence-electron chi connectivity index (χ3n) is 3.97. The van der Waals surface area contributed by atoms with E-state index in [1.165, 1.54) is 5.57 Å². The summed E-state index contributed by atoms with van der Waals surface area (Å²) in [7, 11) is 0. The molecule has 0 aliphatic heterocycles. The zero-order chi connectivity index (χ0) is 14.9. The summed E-state index contributed by atoms with van der Waals surface area (Å²) >= 11 is 0. The predicted octanol–water partition coefficient (Wildman–Crippen LogP) is 2.77. The third-order valence-corrected chi connectivity index (χ3v) is 3.97. The molecule has 2 N–H and O–H groups in total. The molecule has 0 saturated carbocycles. The molecule has 1 aliphatic rings. The van der Waals surface area contributed by atoms with Gasteiger partial charge in [-0.15, -0.1) is 0 Å². The highest BCUT2D eigenvalue weighted by Crippen LogP contribution is 2.31. The van der Waals surface area contributed by atoms with Crippen molar-refractivity contribution in [3.05, 3.63) is 59.6 Å². The Labute approximate surface area is 127 Å². The van der Waals surface area contributed by atoms with Crippen LogP contribution in [0.1, 0.15) is 29.7 Å². The number of fused-ring (bicyclic) bond motifs is 2. The number of nitrogen functional groups attached to an aromatic ring is 1. The molecule has 5 nitrogen and oxygen atoms in total. The number of anilines is 1. The van der Waals surface area contributed by atoms with E-state index < -0.39 is 0 Å². The van der Waals surface area contributed by atoms with Crippen LogP contribution in [-0.4, -0.2) is 20.2 Å².